The van der Waals surface area contributed by atoms with Gasteiger partial charge in [-0.1, -0.05) is 13.0 Å². The number of ether oxygens (including phenoxy) is 2. The van der Waals surface area contributed by atoms with E-state index >= 15 is 0 Å². The largest absolute Gasteiger partial charge is 0.487 e. The second-order valence-corrected chi connectivity index (χ2v) is 7.02. The van der Waals surface area contributed by atoms with Crippen molar-refractivity contribution >= 4 is 0 Å². The van der Waals surface area contributed by atoms with Crippen LogP contribution in [-0.2, 0) is 23.5 Å². The lowest BCUT2D eigenvalue weighted by Crippen LogP contribution is -2.37. The summed E-state index contributed by atoms with van der Waals surface area (Å²) in [6.45, 7) is 11.3. The van der Waals surface area contributed by atoms with E-state index in [1.54, 1.807) is 19.3 Å². The van der Waals surface area contributed by atoms with Gasteiger partial charge in [-0.2, -0.15) is 5.10 Å². The molecule has 0 saturated heterocycles. The number of pyridine rings is 1. The van der Waals surface area contributed by atoms with Gasteiger partial charge in [-0.05, 0) is 40.2 Å². The van der Waals surface area contributed by atoms with Gasteiger partial charge in [0.25, 0.3) is 5.56 Å². The highest BCUT2D eigenvalue weighted by Gasteiger charge is 2.18. The summed E-state index contributed by atoms with van der Waals surface area (Å²) < 4.78 is 12.7. The molecule has 0 fully saturated rings. The molecule has 0 bridgehead atoms. The molecule has 0 aromatic carbocycles. The molecular weight excluding hydrogens is 318 g/mol. The molecule has 136 valence electrons. The molecule has 25 heavy (non-hydrogen) atoms. The van der Waals surface area contributed by atoms with Crippen molar-refractivity contribution in [1.29, 1.82) is 0 Å². The van der Waals surface area contributed by atoms with Crippen LogP contribution in [-0.4, -0.2) is 21.4 Å². The SMILES string of the molecule is CCCOCc1ccc(COc2cnn(C(C)(C)C)c(=O)c2C)cn1. The fraction of sp³-hybridized carbons (Fsp3) is 0.526. The lowest BCUT2D eigenvalue weighted by atomic mass is 10.1. The van der Waals surface area contributed by atoms with Gasteiger partial charge in [0.15, 0.2) is 0 Å². The van der Waals surface area contributed by atoms with Gasteiger partial charge >= 0.3 is 0 Å². The fourth-order valence-electron chi connectivity index (χ4n) is 2.26. The maximum atomic E-state index is 12.4. The van der Waals surface area contributed by atoms with Crippen molar-refractivity contribution in [3.05, 3.63) is 51.7 Å². The Morgan fingerprint density at radius 2 is 1.92 bits per heavy atom. The van der Waals surface area contributed by atoms with Crippen LogP contribution in [0.1, 0.15) is 50.9 Å². The summed E-state index contributed by atoms with van der Waals surface area (Å²) >= 11 is 0. The topological polar surface area (TPSA) is 66.2 Å². The Labute approximate surface area is 148 Å². The van der Waals surface area contributed by atoms with E-state index < -0.39 is 0 Å². The van der Waals surface area contributed by atoms with Gasteiger partial charge in [-0.25, -0.2) is 4.68 Å². The van der Waals surface area contributed by atoms with Crippen LogP contribution in [0.4, 0.5) is 0 Å². The lowest BCUT2D eigenvalue weighted by molar-refractivity contribution is 0.119. The van der Waals surface area contributed by atoms with Crippen molar-refractivity contribution in [2.75, 3.05) is 6.61 Å². The van der Waals surface area contributed by atoms with E-state index in [1.807, 2.05) is 32.9 Å². The van der Waals surface area contributed by atoms with E-state index in [0.29, 0.717) is 24.5 Å². The third-order valence-corrected chi connectivity index (χ3v) is 3.69. The summed E-state index contributed by atoms with van der Waals surface area (Å²) in [6, 6.07) is 3.88. The summed E-state index contributed by atoms with van der Waals surface area (Å²) in [7, 11) is 0. The van der Waals surface area contributed by atoms with Crippen LogP contribution in [0, 0.1) is 6.92 Å². The monoisotopic (exact) mass is 345 g/mol. The molecule has 2 heterocycles. The van der Waals surface area contributed by atoms with Gasteiger partial charge in [-0.15, -0.1) is 0 Å². The maximum absolute atomic E-state index is 12.4. The van der Waals surface area contributed by atoms with Crippen molar-refractivity contribution in [3.8, 4) is 5.75 Å². The first-order valence-electron chi connectivity index (χ1n) is 8.56. The van der Waals surface area contributed by atoms with E-state index in [4.69, 9.17) is 9.47 Å². The molecule has 0 spiro atoms. The maximum Gasteiger partial charge on any atom is 0.273 e. The standard InChI is InChI=1S/C19H27N3O3/c1-6-9-24-13-16-8-7-15(10-20-16)12-25-17-11-21-22(19(3,4)5)18(23)14(17)2/h7-8,10-11H,6,9,12-13H2,1-5H3. The molecule has 2 rings (SSSR count). The Hall–Kier alpha value is -2.21. The first-order valence-corrected chi connectivity index (χ1v) is 8.56. The molecule has 6 nitrogen and oxygen atoms in total. The van der Waals surface area contributed by atoms with Gasteiger partial charge < -0.3 is 9.47 Å². The zero-order chi connectivity index (χ0) is 18.4. The first-order chi connectivity index (χ1) is 11.8. The molecule has 0 amide bonds. The van der Waals surface area contributed by atoms with Crippen molar-refractivity contribution in [2.24, 2.45) is 0 Å². The molecule has 0 N–H and O–H groups in total. The quantitative estimate of drug-likeness (QED) is 0.721. The third kappa shape index (κ3) is 5.13. The predicted molar refractivity (Wildman–Crippen MR) is 96.7 cm³/mol. The van der Waals surface area contributed by atoms with Crippen molar-refractivity contribution in [1.82, 2.24) is 14.8 Å². The molecule has 0 atom stereocenters. The van der Waals surface area contributed by atoms with Gasteiger partial charge in [0.2, 0.25) is 0 Å². The number of hydrogen-bond acceptors (Lipinski definition) is 5. The third-order valence-electron chi connectivity index (χ3n) is 3.69. The highest BCUT2D eigenvalue weighted by atomic mass is 16.5. The molecule has 0 unspecified atom stereocenters. The van der Waals surface area contributed by atoms with Gasteiger partial charge in [-0.3, -0.25) is 9.78 Å². The molecule has 0 radical (unpaired) electrons. The molecule has 6 heteroatoms. The number of hydrogen-bond donors (Lipinski definition) is 0. The summed E-state index contributed by atoms with van der Waals surface area (Å²) in [4.78, 5) is 16.8. The Morgan fingerprint density at radius 1 is 1.16 bits per heavy atom. The minimum absolute atomic E-state index is 0.133. The van der Waals surface area contributed by atoms with Crippen LogP contribution in [0.3, 0.4) is 0 Å². The Morgan fingerprint density at radius 3 is 2.52 bits per heavy atom. The minimum atomic E-state index is -0.361. The molecule has 0 aliphatic rings. The smallest absolute Gasteiger partial charge is 0.273 e. The average molecular weight is 345 g/mol. The van der Waals surface area contributed by atoms with E-state index in [-0.39, 0.29) is 11.1 Å². The Bertz CT molecular complexity index is 746. The van der Waals surface area contributed by atoms with E-state index in [1.165, 1.54) is 4.68 Å². The van der Waals surface area contributed by atoms with Gasteiger partial charge in [0.1, 0.15) is 12.4 Å². The summed E-state index contributed by atoms with van der Waals surface area (Å²) in [5.41, 5.74) is 1.88. The van der Waals surface area contributed by atoms with Gasteiger partial charge in [0, 0.05) is 18.4 Å². The van der Waals surface area contributed by atoms with Crippen molar-refractivity contribution < 1.29 is 9.47 Å². The lowest BCUT2D eigenvalue weighted by Gasteiger charge is -2.21. The minimum Gasteiger partial charge on any atom is -0.487 e. The summed E-state index contributed by atoms with van der Waals surface area (Å²) in [6.07, 6.45) is 4.36. The number of rotatable bonds is 7. The molecule has 0 saturated carbocycles. The molecule has 2 aromatic heterocycles. The second kappa shape index (κ2) is 8.25. The summed E-state index contributed by atoms with van der Waals surface area (Å²) in [5.74, 6) is 0.501. The van der Waals surface area contributed by atoms with Crippen LogP contribution in [0.5, 0.6) is 5.75 Å². The normalized spacial score (nSPS) is 11.6. The second-order valence-electron chi connectivity index (χ2n) is 7.02. The van der Waals surface area contributed by atoms with E-state index in [0.717, 1.165) is 24.3 Å². The van der Waals surface area contributed by atoms with Crippen LogP contribution in [0.15, 0.2) is 29.3 Å². The highest BCUT2D eigenvalue weighted by Crippen LogP contribution is 2.17. The van der Waals surface area contributed by atoms with Crippen LogP contribution < -0.4 is 10.3 Å². The zero-order valence-electron chi connectivity index (χ0n) is 15.7. The first kappa shape index (κ1) is 19.1. The van der Waals surface area contributed by atoms with Crippen molar-refractivity contribution in [3.63, 3.8) is 0 Å². The molecule has 2 aromatic rings. The molecular formula is C19H27N3O3. The highest BCUT2D eigenvalue weighted by molar-refractivity contribution is 5.27. The van der Waals surface area contributed by atoms with Crippen LogP contribution >= 0.6 is 0 Å². The predicted octanol–water partition coefficient (Wildman–Crippen LogP) is 3.21. The van der Waals surface area contributed by atoms with Crippen LogP contribution in [0.25, 0.3) is 0 Å². The number of nitrogens with zero attached hydrogens (tertiary/aromatic N) is 3. The zero-order valence-corrected chi connectivity index (χ0v) is 15.7. The summed E-state index contributed by atoms with van der Waals surface area (Å²) in [5, 5.41) is 4.23. The molecule has 0 aliphatic heterocycles. The number of aromatic nitrogens is 3. The van der Waals surface area contributed by atoms with Crippen LogP contribution in [0.2, 0.25) is 0 Å². The molecule has 0 aliphatic carbocycles. The van der Waals surface area contributed by atoms with Gasteiger partial charge in [0.05, 0.1) is 29.6 Å². The average Bonchev–Trinajstić information content (AvgIpc) is 2.56. The Kier molecular flexibility index (Phi) is 6.31. The van der Waals surface area contributed by atoms with E-state index in [9.17, 15) is 4.79 Å². The fourth-order valence-corrected chi connectivity index (χ4v) is 2.26. The Balaban J connectivity index is 2.02. The van der Waals surface area contributed by atoms with Crippen molar-refractivity contribution in [2.45, 2.75) is 59.8 Å². The van der Waals surface area contributed by atoms with E-state index in [2.05, 4.69) is 17.0 Å².